The Morgan fingerprint density at radius 3 is 2.45 bits per heavy atom. The van der Waals surface area contributed by atoms with Crippen molar-refractivity contribution in [3.63, 3.8) is 0 Å². The van der Waals surface area contributed by atoms with Crippen LogP contribution in [0.5, 0.6) is 0 Å². The Labute approximate surface area is 118 Å². The Hall–Kier alpha value is -2.30. The maximum Gasteiger partial charge on any atom is 0.326 e. The predicted octanol–water partition coefficient (Wildman–Crippen LogP) is 1.90. The maximum absolute atomic E-state index is 11.7. The van der Waals surface area contributed by atoms with E-state index >= 15 is 0 Å². The number of nitrogen functional groups attached to an aromatic ring is 1. The third-order valence-electron chi connectivity index (χ3n) is 3.14. The predicted molar refractivity (Wildman–Crippen MR) is 78.9 cm³/mol. The van der Waals surface area contributed by atoms with E-state index in [1.807, 2.05) is 6.92 Å². The highest BCUT2D eigenvalue weighted by Crippen LogP contribution is 2.09. The van der Waals surface area contributed by atoms with Crippen LogP contribution in [-0.4, -0.2) is 23.0 Å². The number of nitrogens with two attached hydrogens (primary N) is 1. The molecular formula is C15H20N2O3. The van der Waals surface area contributed by atoms with E-state index in [2.05, 4.69) is 5.32 Å². The molecule has 0 aliphatic rings. The Bertz CT molecular complexity index is 494. The van der Waals surface area contributed by atoms with Crippen molar-refractivity contribution < 1.29 is 14.7 Å². The number of hydrogen-bond donors (Lipinski definition) is 3. The fourth-order valence-corrected chi connectivity index (χ4v) is 1.66. The van der Waals surface area contributed by atoms with Crippen LogP contribution in [-0.2, 0) is 9.59 Å². The average molecular weight is 276 g/mol. The van der Waals surface area contributed by atoms with E-state index in [0.29, 0.717) is 12.1 Å². The van der Waals surface area contributed by atoms with E-state index in [9.17, 15) is 9.59 Å². The fraction of sp³-hybridized carbons (Fsp3) is 0.333. The molecule has 0 bridgehead atoms. The lowest BCUT2D eigenvalue weighted by Gasteiger charge is -2.19. The first-order chi connectivity index (χ1) is 9.43. The molecule has 1 unspecified atom stereocenters. The summed E-state index contributed by atoms with van der Waals surface area (Å²) in [7, 11) is 0. The number of carboxylic acid groups (broad SMARTS) is 1. The monoisotopic (exact) mass is 276 g/mol. The molecule has 0 aromatic heterocycles. The van der Waals surface area contributed by atoms with Crippen LogP contribution in [0.15, 0.2) is 30.3 Å². The van der Waals surface area contributed by atoms with Crippen molar-refractivity contribution in [2.24, 2.45) is 5.92 Å². The van der Waals surface area contributed by atoms with Gasteiger partial charge in [-0.2, -0.15) is 0 Å². The molecule has 0 saturated carbocycles. The van der Waals surface area contributed by atoms with Gasteiger partial charge >= 0.3 is 5.97 Å². The minimum atomic E-state index is -1.02. The number of aliphatic carboxylic acids is 1. The number of carboxylic acids is 1. The number of anilines is 1. The van der Waals surface area contributed by atoms with E-state index in [-0.39, 0.29) is 5.92 Å². The van der Waals surface area contributed by atoms with Gasteiger partial charge in [0.2, 0.25) is 5.91 Å². The Morgan fingerprint density at radius 2 is 1.95 bits per heavy atom. The molecule has 2 atom stereocenters. The Kier molecular flexibility index (Phi) is 5.77. The number of rotatable bonds is 6. The standard InChI is InChI=1S/C15H20N2O3/c1-3-10(2)14(15(19)20)17-13(18)9-6-11-4-7-12(16)8-5-11/h4-10,14H,3,16H2,1-2H3,(H,17,18)(H,19,20)/b9-6+/t10?,14-/m0/s1. The molecule has 5 heteroatoms. The first kappa shape index (κ1) is 15.8. The fourth-order valence-electron chi connectivity index (χ4n) is 1.66. The summed E-state index contributed by atoms with van der Waals surface area (Å²) in [5.41, 5.74) is 7.03. The highest BCUT2D eigenvalue weighted by Gasteiger charge is 2.24. The number of benzene rings is 1. The molecule has 1 aromatic rings. The van der Waals surface area contributed by atoms with Gasteiger partial charge in [-0.05, 0) is 29.7 Å². The first-order valence-corrected chi connectivity index (χ1v) is 6.51. The van der Waals surface area contributed by atoms with Crippen molar-refractivity contribution in [1.29, 1.82) is 0 Å². The zero-order chi connectivity index (χ0) is 15.1. The summed E-state index contributed by atoms with van der Waals surface area (Å²) in [6, 6.07) is 6.15. The van der Waals surface area contributed by atoms with Gasteiger partial charge < -0.3 is 16.2 Å². The number of amides is 1. The normalized spacial score (nSPS) is 13.9. The minimum Gasteiger partial charge on any atom is -0.480 e. The number of carbonyl (C=O) groups is 2. The molecule has 5 nitrogen and oxygen atoms in total. The molecule has 0 heterocycles. The molecule has 1 amide bonds. The van der Waals surface area contributed by atoms with Crippen LogP contribution in [0, 0.1) is 5.92 Å². The molecule has 0 radical (unpaired) electrons. The van der Waals surface area contributed by atoms with Gasteiger partial charge in [-0.1, -0.05) is 32.4 Å². The number of hydrogen-bond acceptors (Lipinski definition) is 3. The summed E-state index contributed by atoms with van der Waals surface area (Å²) in [5.74, 6) is -1.57. The molecule has 1 aromatic carbocycles. The van der Waals surface area contributed by atoms with Gasteiger partial charge in [0.05, 0.1) is 0 Å². The zero-order valence-corrected chi connectivity index (χ0v) is 11.7. The second kappa shape index (κ2) is 7.33. The number of nitrogens with one attached hydrogen (secondary N) is 1. The van der Waals surface area contributed by atoms with Crippen molar-refractivity contribution in [1.82, 2.24) is 5.32 Å². The molecule has 108 valence electrons. The lowest BCUT2D eigenvalue weighted by molar-refractivity contribution is -0.142. The highest BCUT2D eigenvalue weighted by atomic mass is 16.4. The van der Waals surface area contributed by atoms with E-state index < -0.39 is 17.9 Å². The van der Waals surface area contributed by atoms with E-state index in [4.69, 9.17) is 10.8 Å². The van der Waals surface area contributed by atoms with Crippen molar-refractivity contribution in [3.05, 3.63) is 35.9 Å². The van der Waals surface area contributed by atoms with Crippen LogP contribution in [0.3, 0.4) is 0 Å². The van der Waals surface area contributed by atoms with Crippen molar-refractivity contribution in [2.75, 3.05) is 5.73 Å². The summed E-state index contributed by atoms with van der Waals surface area (Å²) < 4.78 is 0. The summed E-state index contributed by atoms with van der Waals surface area (Å²) in [6.45, 7) is 3.68. The summed E-state index contributed by atoms with van der Waals surface area (Å²) >= 11 is 0. The SMILES string of the molecule is CCC(C)[C@H](NC(=O)/C=C/c1ccc(N)cc1)C(=O)O. The van der Waals surface area contributed by atoms with Crippen LogP contribution in [0.4, 0.5) is 5.69 Å². The van der Waals surface area contributed by atoms with Gasteiger partial charge in [0.1, 0.15) is 6.04 Å². The van der Waals surface area contributed by atoms with Crippen LogP contribution < -0.4 is 11.1 Å². The molecule has 0 saturated heterocycles. The van der Waals surface area contributed by atoms with Crippen LogP contribution in [0.25, 0.3) is 6.08 Å². The first-order valence-electron chi connectivity index (χ1n) is 6.51. The lowest BCUT2D eigenvalue weighted by Crippen LogP contribution is -2.44. The van der Waals surface area contributed by atoms with Crippen LogP contribution >= 0.6 is 0 Å². The average Bonchev–Trinajstić information content (AvgIpc) is 2.43. The van der Waals surface area contributed by atoms with Gasteiger partial charge in [-0.15, -0.1) is 0 Å². The second-order valence-corrected chi connectivity index (χ2v) is 4.71. The topological polar surface area (TPSA) is 92.4 Å². The summed E-state index contributed by atoms with van der Waals surface area (Å²) in [4.78, 5) is 22.8. The molecule has 0 aliphatic heterocycles. The molecule has 0 aliphatic carbocycles. The van der Waals surface area contributed by atoms with Gasteiger partial charge in [0.15, 0.2) is 0 Å². The Balaban J connectivity index is 2.66. The quantitative estimate of drug-likeness (QED) is 0.546. The summed E-state index contributed by atoms with van der Waals surface area (Å²) in [5, 5.41) is 11.6. The zero-order valence-electron chi connectivity index (χ0n) is 11.7. The van der Waals surface area contributed by atoms with E-state index in [1.165, 1.54) is 6.08 Å². The molecule has 0 fully saturated rings. The van der Waals surface area contributed by atoms with Gasteiger partial charge in [0, 0.05) is 11.8 Å². The third-order valence-corrected chi connectivity index (χ3v) is 3.14. The van der Waals surface area contributed by atoms with Crippen molar-refractivity contribution in [2.45, 2.75) is 26.3 Å². The van der Waals surface area contributed by atoms with Crippen molar-refractivity contribution >= 4 is 23.6 Å². The molecular weight excluding hydrogens is 256 g/mol. The highest BCUT2D eigenvalue weighted by molar-refractivity contribution is 5.94. The molecule has 1 rings (SSSR count). The smallest absolute Gasteiger partial charge is 0.326 e. The summed E-state index contributed by atoms with van der Waals surface area (Å²) in [6.07, 6.45) is 3.62. The van der Waals surface area contributed by atoms with Crippen LogP contribution in [0.1, 0.15) is 25.8 Å². The van der Waals surface area contributed by atoms with E-state index in [1.54, 1.807) is 37.3 Å². The molecule has 20 heavy (non-hydrogen) atoms. The third kappa shape index (κ3) is 4.76. The van der Waals surface area contributed by atoms with Gasteiger partial charge in [-0.3, -0.25) is 4.79 Å². The number of carbonyl (C=O) groups excluding carboxylic acids is 1. The van der Waals surface area contributed by atoms with E-state index in [0.717, 1.165) is 5.56 Å². The molecule has 0 spiro atoms. The van der Waals surface area contributed by atoms with Gasteiger partial charge in [-0.25, -0.2) is 4.79 Å². The second-order valence-electron chi connectivity index (χ2n) is 4.71. The minimum absolute atomic E-state index is 0.124. The van der Waals surface area contributed by atoms with Crippen molar-refractivity contribution in [3.8, 4) is 0 Å². The van der Waals surface area contributed by atoms with Crippen LogP contribution in [0.2, 0.25) is 0 Å². The largest absolute Gasteiger partial charge is 0.480 e. The maximum atomic E-state index is 11.7. The lowest BCUT2D eigenvalue weighted by atomic mass is 9.99. The Morgan fingerprint density at radius 1 is 1.35 bits per heavy atom. The molecule has 4 N–H and O–H groups in total. The van der Waals surface area contributed by atoms with Gasteiger partial charge in [0.25, 0.3) is 0 Å².